The highest BCUT2D eigenvalue weighted by molar-refractivity contribution is 5.97. The molecule has 1 N–H and O–H groups in total. The van der Waals surface area contributed by atoms with E-state index in [9.17, 15) is 9.59 Å². The topological polar surface area (TPSA) is 71.1 Å². The molecule has 1 aromatic rings. The second-order valence-corrected chi connectivity index (χ2v) is 9.09. The molecule has 0 aliphatic carbocycles. The van der Waals surface area contributed by atoms with E-state index in [1.54, 1.807) is 20.1 Å². The lowest BCUT2D eigenvalue weighted by Gasteiger charge is -2.37. The first-order valence-corrected chi connectivity index (χ1v) is 11.6. The molecular formula is C26H39N3O4. The number of nitrogens with one attached hydrogen (secondary N) is 1. The van der Waals surface area contributed by atoms with Crippen molar-refractivity contribution in [2.24, 2.45) is 0 Å². The Balaban J connectivity index is 2.17. The molecule has 1 aliphatic heterocycles. The van der Waals surface area contributed by atoms with E-state index >= 15 is 0 Å². The highest BCUT2D eigenvalue weighted by Gasteiger charge is 2.27. The molecule has 1 fully saturated rings. The van der Waals surface area contributed by atoms with E-state index in [2.05, 4.69) is 37.6 Å². The zero-order chi connectivity index (χ0) is 24.6. The third-order valence-corrected chi connectivity index (χ3v) is 5.76. The van der Waals surface area contributed by atoms with Gasteiger partial charge in [0.1, 0.15) is 11.4 Å². The zero-order valence-electron chi connectivity index (χ0n) is 21.0. The molecule has 0 saturated carbocycles. The predicted octanol–water partition coefficient (Wildman–Crippen LogP) is 3.36. The molecule has 1 aromatic carbocycles. The maximum absolute atomic E-state index is 13.4. The fourth-order valence-corrected chi connectivity index (χ4v) is 3.84. The summed E-state index contributed by atoms with van der Waals surface area (Å²) in [5.41, 5.74) is 2.90. The Morgan fingerprint density at radius 1 is 1.15 bits per heavy atom. The van der Waals surface area contributed by atoms with Gasteiger partial charge in [0, 0.05) is 46.3 Å². The number of benzene rings is 1. The Kier molecular flexibility index (Phi) is 9.53. The summed E-state index contributed by atoms with van der Waals surface area (Å²) in [6.45, 7) is 17.8. The van der Waals surface area contributed by atoms with Crippen molar-refractivity contribution in [3.63, 3.8) is 0 Å². The van der Waals surface area contributed by atoms with Crippen LogP contribution >= 0.6 is 0 Å². The first kappa shape index (κ1) is 26.5. The van der Waals surface area contributed by atoms with Crippen LogP contribution < -0.4 is 10.1 Å². The van der Waals surface area contributed by atoms with E-state index in [1.807, 2.05) is 30.0 Å². The van der Waals surface area contributed by atoms with E-state index in [0.717, 1.165) is 11.3 Å². The first-order chi connectivity index (χ1) is 15.6. The number of ketones is 1. The monoisotopic (exact) mass is 457 g/mol. The van der Waals surface area contributed by atoms with Crippen LogP contribution in [0.25, 0.3) is 0 Å². The number of piperazine rings is 1. The van der Waals surface area contributed by atoms with Crippen LogP contribution in [-0.2, 0) is 14.9 Å². The number of rotatable bonds is 10. The highest BCUT2D eigenvalue weighted by Crippen LogP contribution is 2.29. The number of nitrogens with zero attached hydrogens (tertiary/aromatic N) is 2. The van der Waals surface area contributed by atoms with Crippen molar-refractivity contribution in [3.05, 3.63) is 53.4 Å². The number of carbonyl (C=O) groups is 2. The normalized spacial score (nSPS) is 15.1. The average Bonchev–Trinajstić information content (AvgIpc) is 2.79. The molecule has 0 unspecified atom stereocenters. The van der Waals surface area contributed by atoms with Crippen LogP contribution in [0.2, 0.25) is 0 Å². The summed E-state index contributed by atoms with van der Waals surface area (Å²) in [4.78, 5) is 29.6. The number of hydrogen-bond acceptors (Lipinski definition) is 6. The van der Waals surface area contributed by atoms with Gasteiger partial charge in [0.05, 0.1) is 25.0 Å². The van der Waals surface area contributed by atoms with Gasteiger partial charge in [-0.25, -0.2) is 0 Å². The molecule has 0 atom stereocenters. The first-order valence-electron chi connectivity index (χ1n) is 11.6. The summed E-state index contributed by atoms with van der Waals surface area (Å²) in [6.07, 6.45) is 1.71. The zero-order valence-corrected chi connectivity index (χ0v) is 21.0. The molecule has 0 spiro atoms. The molecule has 7 nitrogen and oxygen atoms in total. The molecule has 1 heterocycles. The standard InChI is InChI=1S/C26H39N3O4/c1-8-22(24(19(3)30)27-12-17-33-9-2)28-13-15-29(16-14-28)25(31)21-18-20(26(4,5)6)10-11-23(21)32-7/h8,10-11,18,27H,1,9,12-17H2,2-7H3/b24-22-. The van der Waals surface area contributed by atoms with Crippen LogP contribution in [0.4, 0.5) is 0 Å². The van der Waals surface area contributed by atoms with Gasteiger partial charge in [-0.1, -0.05) is 33.4 Å². The van der Waals surface area contributed by atoms with E-state index in [0.29, 0.717) is 62.9 Å². The number of ether oxygens (including phenoxy) is 2. The fourth-order valence-electron chi connectivity index (χ4n) is 3.84. The number of amides is 1. The minimum absolute atomic E-state index is 0.0386. The van der Waals surface area contributed by atoms with E-state index in [1.165, 1.54) is 0 Å². The van der Waals surface area contributed by atoms with Crippen molar-refractivity contribution in [2.45, 2.75) is 40.0 Å². The number of allylic oxidation sites excluding steroid dienone is 2. The average molecular weight is 458 g/mol. The Morgan fingerprint density at radius 2 is 1.79 bits per heavy atom. The molecule has 2 rings (SSSR count). The second-order valence-electron chi connectivity index (χ2n) is 9.09. The molecular weight excluding hydrogens is 418 g/mol. The number of carbonyl (C=O) groups excluding carboxylic acids is 2. The summed E-state index contributed by atoms with van der Waals surface area (Å²) in [7, 11) is 1.59. The van der Waals surface area contributed by atoms with Crippen molar-refractivity contribution in [1.82, 2.24) is 15.1 Å². The van der Waals surface area contributed by atoms with Crippen molar-refractivity contribution >= 4 is 11.7 Å². The van der Waals surface area contributed by atoms with Crippen molar-refractivity contribution in [2.75, 3.05) is 53.0 Å². The van der Waals surface area contributed by atoms with Crippen LogP contribution in [-0.4, -0.2) is 74.5 Å². The maximum Gasteiger partial charge on any atom is 0.257 e. The Morgan fingerprint density at radius 3 is 2.30 bits per heavy atom. The van der Waals surface area contributed by atoms with Gasteiger partial charge in [0.15, 0.2) is 5.78 Å². The van der Waals surface area contributed by atoms with Crippen molar-refractivity contribution in [3.8, 4) is 5.75 Å². The van der Waals surface area contributed by atoms with Gasteiger partial charge >= 0.3 is 0 Å². The smallest absolute Gasteiger partial charge is 0.257 e. The van der Waals surface area contributed by atoms with E-state index < -0.39 is 0 Å². The van der Waals surface area contributed by atoms with Crippen LogP contribution in [0.3, 0.4) is 0 Å². The van der Waals surface area contributed by atoms with Gasteiger partial charge in [-0.05, 0) is 36.1 Å². The van der Waals surface area contributed by atoms with Crippen molar-refractivity contribution < 1.29 is 19.1 Å². The quantitative estimate of drug-likeness (QED) is 0.330. The molecule has 1 aliphatic rings. The lowest BCUT2D eigenvalue weighted by atomic mass is 9.86. The van der Waals surface area contributed by atoms with Crippen LogP contribution in [0.1, 0.15) is 50.5 Å². The van der Waals surface area contributed by atoms with E-state index in [-0.39, 0.29) is 17.1 Å². The largest absolute Gasteiger partial charge is 0.496 e. The Labute approximate surface area is 198 Å². The number of hydrogen-bond donors (Lipinski definition) is 1. The second kappa shape index (κ2) is 11.9. The van der Waals surface area contributed by atoms with Crippen LogP contribution in [0.5, 0.6) is 5.75 Å². The van der Waals surface area contributed by atoms with Gasteiger partial charge in [-0.15, -0.1) is 0 Å². The third kappa shape index (κ3) is 6.84. The molecule has 0 aromatic heterocycles. The highest BCUT2D eigenvalue weighted by atomic mass is 16.5. The van der Waals surface area contributed by atoms with Gasteiger partial charge in [-0.3, -0.25) is 9.59 Å². The summed E-state index contributed by atoms with van der Waals surface area (Å²) < 4.78 is 10.8. The van der Waals surface area contributed by atoms with Gasteiger partial charge in [-0.2, -0.15) is 0 Å². The molecule has 7 heteroatoms. The van der Waals surface area contributed by atoms with Crippen molar-refractivity contribution in [1.29, 1.82) is 0 Å². The Bertz CT molecular complexity index is 878. The third-order valence-electron chi connectivity index (χ3n) is 5.76. The Hall–Kier alpha value is -2.80. The van der Waals surface area contributed by atoms with Crippen LogP contribution in [0, 0.1) is 0 Å². The molecule has 0 bridgehead atoms. The van der Waals surface area contributed by atoms with Gasteiger partial charge in [0.2, 0.25) is 0 Å². The van der Waals surface area contributed by atoms with Gasteiger partial charge in [0.25, 0.3) is 5.91 Å². The molecule has 1 saturated heterocycles. The summed E-state index contributed by atoms with van der Waals surface area (Å²) in [5, 5.41) is 3.19. The molecule has 0 radical (unpaired) electrons. The summed E-state index contributed by atoms with van der Waals surface area (Å²) >= 11 is 0. The lowest BCUT2D eigenvalue weighted by Crippen LogP contribution is -2.49. The van der Waals surface area contributed by atoms with Gasteiger partial charge < -0.3 is 24.6 Å². The van der Waals surface area contributed by atoms with Crippen LogP contribution in [0.15, 0.2) is 42.2 Å². The molecule has 33 heavy (non-hydrogen) atoms. The predicted molar refractivity (Wildman–Crippen MR) is 132 cm³/mol. The molecule has 182 valence electrons. The minimum Gasteiger partial charge on any atom is -0.496 e. The maximum atomic E-state index is 13.4. The summed E-state index contributed by atoms with van der Waals surface area (Å²) in [5.74, 6) is 0.492. The molecule has 1 amide bonds. The fraction of sp³-hybridized carbons (Fsp3) is 0.538. The SMILES string of the molecule is C=C/C(=C(/NCCOCC)C(C)=O)N1CCN(C(=O)c2cc(C(C)(C)C)ccc2OC)CC1. The number of Topliss-reactive ketones (excluding diaryl/α,β-unsaturated/α-hetero) is 1. The lowest BCUT2D eigenvalue weighted by molar-refractivity contribution is -0.114. The summed E-state index contributed by atoms with van der Waals surface area (Å²) in [6, 6.07) is 5.82. The number of methoxy groups -OCH3 is 1. The van der Waals surface area contributed by atoms with E-state index in [4.69, 9.17) is 9.47 Å². The minimum atomic E-state index is -0.0675.